The topological polar surface area (TPSA) is 73.8 Å². The van der Waals surface area contributed by atoms with Gasteiger partial charge in [0.05, 0.1) is 12.3 Å². The molecule has 0 aromatic heterocycles. The molecule has 1 unspecified atom stereocenters. The lowest BCUT2D eigenvalue weighted by Crippen LogP contribution is -2.25. The number of ether oxygens (including phenoxy) is 1. The third-order valence-corrected chi connectivity index (χ3v) is 1.64. The standard InChI is InChI=1S/C10H16N2O3/c1-8(14)15-10-5-3-2-4-9(10)12-11-6-7-13/h2-5,8,11-14H,6-7H2,1H3. The van der Waals surface area contributed by atoms with Crippen molar-refractivity contribution in [2.75, 3.05) is 18.6 Å². The minimum atomic E-state index is -0.856. The van der Waals surface area contributed by atoms with Crippen LogP contribution in [0.4, 0.5) is 5.69 Å². The van der Waals surface area contributed by atoms with E-state index < -0.39 is 6.29 Å². The quantitative estimate of drug-likeness (QED) is 0.310. The molecule has 0 fully saturated rings. The molecule has 1 aromatic rings. The number of aliphatic hydroxyl groups is 2. The number of rotatable bonds is 6. The van der Waals surface area contributed by atoms with Crippen LogP contribution in [0.25, 0.3) is 0 Å². The van der Waals surface area contributed by atoms with Crippen molar-refractivity contribution in [1.29, 1.82) is 0 Å². The van der Waals surface area contributed by atoms with E-state index in [1.165, 1.54) is 6.92 Å². The molecule has 5 nitrogen and oxygen atoms in total. The summed E-state index contributed by atoms with van der Waals surface area (Å²) in [6.07, 6.45) is -0.856. The lowest BCUT2D eigenvalue weighted by atomic mass is 10.3. The molecular formula is C10H16N2O3. The predicted octanol–water partition coefficient (Wildman–Crippen LogP) is 0.312. The van der Waals surface area contributed by atoms with Gasteiger partial charge >= 0.3 is 0 Å². The largest absolute Gasteiger partial charge is 0.463 e. The number of hydrogen-bond donors (Lipinski definition) is 4. The SMILES string of the molecule is CC(O)Oc1ccccc1NNCCO. The van der Waals surface area contributed by atoms with Crippen molar-refractivity contribution in [3.8, 4) is 5.75 Å². The van der Waals surface area contributed by atoms with Gasteiger partial charge in [0.25, 0.3) is 0 Å². The zero-order valence-corrected chi connectivity index (χ0v) is 8.60. The van der Waals surface area contributed by atoms with Crippen LogP contribution in [-0.2, 0) is 0 Å². The molecule has 0 saturated carbocycles. The van der Waals surface area contributed by atoms with Crippen molar-refractivity contribution in [3.63, 3.8) is 0 Å². The molecule has 1 rings (SSSR count). The number of para-hydroxylation sites is 2. The summed E-state index contributed by atoms with van der Waals surface area (Å²) >= 11 is 0. The fourth-order valence-corrected chi connectivity index (χ4v) is 1.07. The van der Waals surface area contributed by atoms with Crippen LogP contribution in [0.15, 0.2) is 24.3 Å². The first kappa shape index (κ1) is 11.8. The second-order valence-electron chi connectivity index (χ2n) is 2.99. The molecular weight excluding hydrogens is 196 g/mol. The van der Waals surface area contributed by atoms with Gasteiger partial charge in [-0.1, -0.05) is 12.1 Å². The molecule has 0 spiro atoms. The summed E-state index contributed by atoms with van der Waals surface area (Å²) in [5.41, 5.74) is 6.39. The Balaban J connectivity index is 2.60. The fourth-order valence-electron chi connectivity index (χ4n) is 1.07. The van der Waals surface area contributed by atoms with Crippen LogP contribution in [0.3, 0.4) is 0 Å². The zero-order valence-electron chi connectivity index (χ0n) is 8.60. The Morgan fingerprint density at radius 1 is 1.40 bits per heavy atom. The second kappa shape index (κ2) is 6.23. The minimum Gasteiger partial charge on any atom is -0.463 e. The van der Waals surface area contributed by atoms with Crippen molar-refractivity contribution in [2.45, 2.75) is 13.2 Å². The molecule has 0 aliphatic carbocycles. The van der Waals surface area contributed by atoms with E-state index in [0.29, 0.717) is 18.0 Å². The van der Waals surface area contributed by atoms with E-state index in [1.807, 2.05) is 18.2 Å². The normalized spacial score (nSPS) is 12.2. The Kier molecular flexibility index (Phi) is 4.89. The van der Waals surface area contributed by atoms with Gasteiger partial charge in [0.2, 0.25) is 0 Å². The van der Waals surface area contributed by atoms with Gasteiger partial charge < -0.3 is 20.4 Å². The van der Waals surface area contributed by atoms with Crippen molar-refractivity contribution >= 4 is 5.69 Å². The van der Waals surface area contributed by atoms with E-state index in [1.54, 1.807) is 6.07 Å². The molecule has 0 aliphatic rings. The van der Waals surface area contributed by atoms with Crippen LogP contribution < -0.4 is 15.6 Å². The fraction of sp³-hybridized carbons (Fsp3) is 0.400. The highest BCUT2D eigenvalue weighted by molar-refractivity contribution is 5.55. The summed E-state index contributed by atoms with van der Waals surface area (Å²) in [4.78, 5) is 0. The van der Waals surface area contributed by atoms with Crippen LogP contribution in [0.5, 0.6) is 5.75 Å². The highest BCUT2D eigenvalue weighted by Gasteiger charge is 2.04. The van der Waals surface area contributed by atoms with E-state index in [-0.39, 0.29) is 6.61 Å². The first-order valence-corrected chi connectivity index (χ1v) is 4.77. The molecule has 0 saturated heterocycles. The highest BCUT2D eigenvalue weighted by Crippen LogP contribution is 2.23. The lowest BCUT2D eigenvalue weighted by molar-refractivity contribution is 0.000190. The number of aliphatic hydroxyl groups excluding tert-OH is 2. The highest BCUT2D eigenvalue weighted by atomic mass is 16.6. The van der Waals surface area contributed by atoms with Crippen LogP contribution in [0, 0.1) is 0 Å². The van der Waals surface area contributed by atoms with Gasteiger partial charge in [-0.15, -0.1) is 0 Å². The molecule has 1 aromatic carbocycles. The van der Waals surface area contributed by atoms with E-state index in [9.17, 15) is 0 Å². The van der Waals surface area contributed by atoms with Gasteiger partial charge in [-0.3, -0.25) is 0 Å². The van der Waals surface area contributed by atoms with Gasteiger partial charge in [-0.05, 0) is 19.1 Å². The van der Waals surface area contributed by atoms with Crippen LogP contribution >= 0.6 is 0 Å². The van der Waals surface area contributed by atoms with Gasteiger partial charge in [-0.2, -0.15) is 0 Å². The van der Waals surface area contributed by atoms with Crippen LogP contribution in [0.1, 0.15) is 6.92 Å². The summed E-state index contributed by atoms with van der Waals surface area (Å²) in [5.74, 6) is 0.554. The average molecular weight is 212 g/mol. The monoisotopic (exact) mass is 212 g/mol. The molecule has 0 radical (unpaired) electrons. The zero-order chi connectivity index (χ0) is 11.1. The third-order valence-electron chi connectivity index (χ3n) is 1.64. The van der Waals surface area contributed by atoms with Crippen molar-refractivity contribution < 1.29 is 14.9 Å². The van der Waals surface area contributed by atoms with Crippen molar-refractivity contribution in [1.82, 2.24) is 5.43 Å². The number of hydrazine groups is 1. The molecule has 0 bridgehead atoms. The van der Waals surface area contributed by atoms with Gasteiger partial charge in [0.1, 0.15) is 5.75 Å². The Hall–Kier alpha value is -1.30. The lowest BCUT2D eigenvalue weighted by Gasteiger charge is -2.14. The number of nitrogens with one attached hydrogen (secondary N) is 2. The van der Waals surface area contributed by atoms with Gasteiger partial charge in [0, 0.05) is 6.54 Å². The summed E-state index contributed by atoms with van der Waals surface area (Å²) in [5, 5.41) is 17.7. The molecule has 15 heavy (non-hydrogen) atoms. The molecule has 4 N–H and O–H groups in total. The second-order valence-corrected chi connectivity index (χ2v) is 2.99. The Morgan fingerprint density at radius 2 is 2.13 bits per heavy atom. The number of anilines is 1. The summed E-state index contributed by atoms with van der Waals surface area (Å²) in [6, 6.07) is 7.21. The van der Waals surface area contributed by atoms with Crippen molar-refractivity contribution in [3.05, 3.63) is 24.3 Å². The molecule has 0 aliphatic heterocycles. The smallest absolute Gasteiger partial charge is 0.194 e. The molecule has 1 atom stereocenters. The maximum absolute atomic E-state index is 9.09. The van der Waals surface area contributed by atoms with E-state index >= 15 is 0 Å². The maximum Gasteiger partial charge on any atom is 0.194 e. The summed E-state index contributed by atoms with van der Waals surface area (Å²) < 4.78 is 5.17. The average Bonchev–Trinajstić information content (AvgIpc) is 2.20. The maximum atomic E-state index is 9.09. The van der Waals surface area contributed by atoms with Crippen molar-refractivity contribution in [2.24, 2.45) is 0 Å². The van der Waals surface area contributed by atoms with Gasteiger partial charge in [0.15, 0.2) is 6.29 Å². The summed E-state index contributed by atoms with van der Waals surface area (Å²) in [7, 11) is 0. The molecule has 5 heteroatoms. The Labute approximate surface area is 88.7 Å². The van der Waals surface area contributed by atoms with E-state index in [4.69, 9.17) is 14.9 Å². The predicted molar refractivity (Wildman–Crippen MR) is 57.5 cm³/mol. The Morgan fingerprint density at radius 3 is 2.80 bits per heavy atom. The third kappa shape index (κ3) is 4.16. The number of hydrogen-bond acceptors (Lipinski definition) is 5. The first-order chi connectivity index (χ1) is 7.24. The van der Waals surface area contributed by atoms with Crippen LogP contribution in [-0.4, -0.2) is 29.7 Å². The van der Waals surface area contributed by atoms with Crippen LogP contribution in [0.2, 0.25) is 0 Å². The molecule has 0 heterocycles. The number of benzene rings is 1. The van der Waals surface area contributed by atoms with E-state index in [0.717, 1.165) is 0 Å². The molecule has 84 valence electrons. The van der Waals surface area contributed by atoms with Gasteiger partial charge in [-0.25, -0.2) is 5.43 Å². The Bertz CT molecular complexity index is 292. The first-order valence-electron chi connectivity index (χ1n) is 4.77. The molecule has 0 amide bonds. The van der Waals surface area contributed by atoms with E-state index in [2.05, 4.69) is 10.9 Å². The minimum absolute atomic E-state index is 0.0480. The summed E-state index contributed by atoms with van der Waals surface area (Å²) in [6.45, 7) is 2.02.